The fraction of sp³-hybridized carbons (Fsp3) is 0.0909. The Bertz CT molecular complexity index is 1330. The molecule has 4 rings (SSSR count). The van der Waals surface area contributed by atoms with Crippen LogP contribution in [0, 0.1) is 0 Å². The summed E-state index contributed by atoms with van der Waals surface area (Å²) in [7, 11) is 0. The Balaban J connectivity index is 1.56. The van der Waals surface area contributed by atoms with E-state index in [1.807, 2.05) is 16.5 Å². The van der Waals surface area contributed by atoms with E-state index in [4.69, 9.17) is 5.73 Å². The van der Waals surface area contributed by atoms with Gasteiger partial charge in [-0.3, -0.25) is 14.2 Å². The van der Waals surface area contributed by atoms with Crippen molar-refractivity contribution in [3.8, 4) is 22.5 Å². The molecule has 0 spiro atoms. The van der Waals surface area contributed by atoms with E-state index < -0.39 is 24.7 Å². The number of pyridine rings is 2. The zero-order valence-corrected chi connectivity index (χ0v) is 16.9. The molecule has 0 saturated heterocycles. The van der Waals surface area contributed by atoms with Gasteiger partial charge in [0.2, 0.25) is 5.91 Å². The lowest BCUT2D eigenvalue weighted by molar-refractivity contribution is -0.122. The van der Waals surface area contributed by atoms with Crippen LogP contribution in [0.3, 0.4) is 0 Å². The zero-order valence-electron chi connectivity index (χ0n) is 16.9. The van der Waals surface area contributed by atoms with E-state index >= 15 is 0 Å². The molecule has 0 aliphatic carbocycles. The standard InChI is InChI=1S/C22H17F3N6O2/c23-22(24,25)12-29-21(33)30-16-3-1-2-14(8-16)18-11-28-19-9-13(6-7-31(18)19)17-5-4-15(10-27-17)20(26)32/h1-11H,12H2,(H2,26,32)(H2,29,30,33). The molecule has 3 amide bonds. The lowest BCUT2D eigenvalue weighted by Gasteiger charge is -2.11. The van der Waals surface area contributed by atoms with Gasteiger partial charge in [0, 0.05) is 29.2 Å². The first kappa shape index (κ1) is 21.8. The quantitative estimate of drug-likeness (QED) is 0.425. The summed E-state index contributed by atoms with van der Waals surface area (Å²) in [6.07, 6.45) is 0.356. The minimum Gasteiger partial charge on any atom is -0.366 e. The zero-order chi connectivity index (χ0) is 23.6. The Kier molecular flexibility index (Phi) is 5.69. The number of carbonyl (C=O) groups excluding carboxylic acids is 2. The van der Waals surface area contributed by atoms with Crippen molar-refractivity contribution >= 4 is 23.3 Å². The van der Waals surface area contributed by atoms with Gasteiger partial charge in [-0.15, -0.1) is 0 Å². The second-order valence-corrected chi connectivity index (χ2v) is 7.09. The van der Waals surface area contributed by atoms with Crippen LogP contribution in [-0.2, 0) is 0 Å². The molecule has 3 heterocycles. The Morgan fingerprint density at radius 2 is 1.82 bits per heavy atom. The predicted molar refractivity (Wildman–Crippen MR) is 115 cm³/mol. The van der Waals surface area contributed by atoms with E-state index in [1.54, 1.807) is 54.1 Å². The first-order chi connectivity index (χ1) is 15.7. The Morgan fingerprint density at radius 1 is 1.00 bits per heavy atom. The Labute approximate surface area is 185 Å². The third-order valence-electron chi connectivity index (χ3n) is 4.72. The molecule has 0 unspecified atom stereocenters. The van der Waals surface area contributed by atoms with Crippen LogP contribution in [0.5, 0.6) is 0 Å². The summed E-state index contributed by atoms with van der Waals surface area (Å²) in [5, 5.41) is 4.15. The Morgan fingerprint density at radius 3 is 2.52 bits per heavy atom. The minimum atomic E-state index is -4.49. The topological polar surface area (TPSA) is 114 Å². The molecule has 11 heteroatoms. The van der Waals surface area contributed by atoms with Gasteiger partial charge in [0.15, 0.2) is 0 Å². The van der Waals surface area contributed by atoms with E-state index in [0.29, 0.717) is 33.8 Å². The number of imidazole rings is 1. The van der Waals surface area contributed by atoms with E-state index in [1.165, 1.54) is 6.20 Å². The van der Waals surface area contributed by atoms with Gasteiger partial charge in [0.05, 0.1) is 23.1 Å². The van der Waals surface area contributed by atoms with Crippen molar-refractivity contribution in [2.75, 3.05) is 11.9 Å². The van der Waals surface area contributed by atoms with Gasteiger partial charge in [-0.2, -0.15) is 13.2 Å². The van der Waals surface area contributed by atoms with Gasteiger partial charge in [0.25, 0.3) is 0 Å². The van der Waals surface area contributed by atoms with E-state index in [9.17, 15) is 22.8 Å². The number of primary amides is 1. The number of amides is 3. The van der Waals surface area contributed by atoms with E-state index in [0.717, 1.165) is 5.56 Å². The first-order valence-corrected chi connectivity index (χ1v) is 9.65. The number of hydrogen-bond acceptors (Lipinski definition) is 4. The van der Waals surface area contributed by atoms with Crippen LogP contribution in [0.25, 0.3) is 28.2 Å². The van der Waals surface area contributed by atoms with Crippen LogP contribution in [0.4, 0.5) is 23.7 Å². The number of nitrogens with two attached hydrogens (primary N) is 1. The summed E-state index contributed by atoms with van der Waals surface area (Å²) >= 11 is 0. The van der Waals surface area contributed by atoms with Crippen molar-refractivity contribution in [1.82, 2.24) is 19.7 Å². The maximum Gasteiger partial charge on any atom is 0.405 e. The number of hydrogen-bond donors (Lipinski definition) is 3. The highest BCUT2D eigenvalue weighted by Crippen LogP contribution is 2.26. The van der Waals surface area contributed by atoms with Crippen LogP contribution >= 0.6 is 0 Å². The highest BCUT2D eigenvalue weighted by Gasteiger charge is 2.27. The lowest BCUT2D eigenvalue weighted by atomic mass is 10.1. The fourth-order valence-electron chi connectivity index (χ4n) is 3.18. The number of carbonyl (C=O) groups is 2. The van der Waals surface area contributed by atoms with Crippen LogP contribution in [0.15, 0.2) is 67.1 Å². The third-order valence-corrected chi connectivity index (χ3v) is 4.72. The second-order valence-electron chi connectivity index (χ2n) is 7.09. The van der Waals surface area contributed by atoms with Crippen LogP contribution in [0.1, 0.15) is 10.4 Å². The number of urea groups is 1. The SMILES string of the molecule is NC(=O)c1ccc(-c2ccn3c(-c4cccc(NC(=O)NCC(F)(F)F)c4)cnc3c2)nc1. The maximum absolute atomic E-state index is 12.3. The van der Waals surface area contributed by atoms with Gasteiger partial charge in [-0.1, -0.05) is 12.1 Å². The molecule has 0 radical (unpaired) electrons. The highest BCUT2D eigenvalue weighted by molar-refractivity contribution is 5.92. The molecule has 1 aromatic carbocycles. The van der Waals surface area contributed by atoms with E-state index in [-0.39, 0.29) is 0 Å². The number of nitrogens with zero attached hydrogens (tertiary/aromatic N) is 3. The lowest BCUT2D eigenvalue weighted by Crippen LogP contribution is -2.36. The predicted octanol–water partition coefficient (Wildman–Crippen LogP) is 3.85. The minimum absolute atomic E-state index is 0.309. The average molecular weight is 454 g/mol. The number of fused-ring (bicyclic) bond motifs is 1. The number of nitrogens with one attached hydrogen (secondary N) is 2. The summed E-state index contributed by atoms with van der Waals surface area (Å²) in [4.78, 5) is 31.6. The molecule has 0 aliphatic heterocycles. The molecular weight excluding hydrogens is 437 g/mol. The van der Waals surface area contributed by atoms with Gasteiger partial charge in [0.1, 0.15) is 12.2 Å². The molecule has 0 bridgehead atoms. The summed E-state index contributed by atoms with van der Waals surface area (Å²) in [6, 6.07) is 12.6. The molecule has 0 atom stereocenters. The average Bonchev–Trinajstić information content (AvgIpc) is 3.21. The molecule has 33 heavy (non-hydrogen) atoms. The highest BCUT2D eigenvalue weighted by atomic mass is 19.4. The first-order valence-electron chi connectivity index (χ1n) is 9.65. The third kappa shape index (κ3) is 5.09. The smallest absolute Gasteiger partial charge is 0.366 e. The number of alkyl halides is 3. The summed E-state index contributed by atoms with van der Waals surface area (Å²) < 4.78 is 38.6. The summed E-state index contributed by atoms with van der Waals surface area (Å²) in [5.41, 5.74) is 9.35. The van der Waals surface area contributed by atoms with Gasteiger partial charge < -0.3 is 16.4 Å². The summed E-state index contributed by atoms with van der Waals surface area (Å²) in [5.74, 6) is -0.558. The van der Waals surface area contributed by atoms with Crippen molar-refractivity contribution in [2.45, 2.75) is 6.18 Å². The number of aromatic nitrogens is 3. The fourth-order valence-corrected chi connectivity index (χ4v) is 3.18. The number of rotatable bonds is 5. The molecule has 0 saturated carbocycles. The van der Waals surface area contributed by atoms with Crippen molar-refractivity contribution < 1.29 is 22.8 Å². The van der Waals surface area contributed by atoms with Crippen LogP contribution in [-0.4, -0.2) is 39.0 Å². The molecule has 168 valence electrons. The van der Waals surface area contributed by atoms with E-state index in [2.05, 4.69) is 15.3 Å². The van der Waals surface area contributed by atoms with Crippen LogP contribution in [0.2, 0.25) is 0 Å². The van der Waals surface area contributed by atoms with Crippen molar-refractivity contribution in [1.29, 1.82) is 0 Å². The number of benzene rings is 1. The molecule has 8 nitrogen and oxygen atoms in total. The number of halogens is 3. The normalized spacial score (nSPS) is 11.4. The Hall–Kier alpha value is -4.41. The van der Waals surface area contributed by atoms with Gasteiger partial charge in [-0.05, 0) is 36.4 Å². The second kappa shape index (κ2) is 8.61. The van der Waals surface area contributed by atoms with Crippen molar-refractivity contribution in [3.05, 3.63) is 72.7 Å². The maximum atomic E-state index is 12.3. The van der Waals surface area contributed by atoms with Crippen molar-refractivity contribution in [2.24, 2.45) is 5.73 Å². The molecule has 4 N–H and O–H groups in total. The molecule has 4 aromatic rings. The van der Waals surface area contributed by atoms with Crippen molar-refractivity contribution in [3.63, 3.8) is 0 Å². The van der Waals surface area contributed by atoms with Crippen LogP contribution < -0.4 is 16.4 Å². The molecule has 0 aliphatic rings. The molecule has 0 fully saturated rings. The molecular formula is C22H17F3N6O2. The van der Waals surface area contributed by atoms with Gasteiger partial charge >= 0.3 is 12.2 Å². The van der Waals surface area contributed by atoms with Gasteiger partial charge in [-0.25, -0.2) is 9.78 Å². The summed E-state index contributed by atoms with van der Waals surface area (Å²) in [6.45, 7) is -1.42. The largest absolute Gasteiger partial charge is 0.405 e. The number of anilines is 1. The molecule has 3 aromatic heterocycles. The monoisotopic (exact) mass is 454 g/mol.